The topological polar surface area (TPSA) is 33.5 Å². The number of rotatable bonds is 3. The van der Waals surface area contributed by atoms with E-state index in [1.807, 2.05) is 25.1 Å². The molecular formula is C15H22ClN2O+. The van der Waals surface area contributed by atoms with Gasteiger partial charge in [-0.1, -0.05) is 24.6 Å². The molecule has 0 radical (unpaired) electrons. The molecule has 1 aromatic carbocycles. The van der Waals surface area contributed by atoms with Crippen molar-refractivity contribution in [3.63, 3.8) is 0 Å². The number of hydrogen-bond acceptors (Lipinski definition) is 1. The third-order valence-electron chi connectivity index (χ3n) is 3.82. The monoisotopic (exact) mass is 281 g/mol. The Morgan fingerprint density at radius 3 is 3.05 bits per heavy atom. The van der Waals surface area contributed by atoms with Crippen LogP contribution in [0.5, 0.6) is 0 Å². The quantitative estimate of drug-likeness (QED) is 0.872. The average molecular weight is 282 g/mol. The zero-order valence-electron chi connectivity index (χ0n) is 11.6. The summed E-state index contributed by atoms with van der Waals surface area (Å²) in [6, 6.07) is 5.60. The zero-order chi connectivity index (χ0) is 13.8. The Morgan fingerprint density at radius 2 is 2.32 bits per heavy atom. The predicted molar refractivity (Wildman–Crippen MR) is 78.8 cm³/mol. The second-order valence-corrected chi connectivity index (χ2v) is 6.00. The van der Waals surface area contributed by atoms with Crippen molar-refractivity contribution < 1.29 is 9.69 Å². The molecule has 2 atom stereocenters. The normalized spacial score (nSPS) is 23.1. The maximum absolute atomic E-state index is 12.1. The van der Waals surface area contributed by atoms with Crippen LogP contribution < -0.4 is 10.2 Å². The van der Waals surface area contributed by atoms with E-state index in [0.29, 0.717) is 11.6 Å². The van der Waals surface area contributed by atoms with Gasteiger partial charge in [0.1, 0.15) is 0 Å². The molecule has 0 spiro atoms. The maximum atomic E-state index is 12.1. The van der Waals surface area contributed by atoms with Crippen LogP contribution in [0.15, 0.2) is 18.2 Å². The molecule has 1 aliphatic rings. The molecule has 104 valence electrons. The fourth-order valence-electron chi connectivity index (χ4n) is 2.72. The van der Waals surface area contributed by atoms with E-state index in [-0.39, 0.29) is 5.91 Å². The third-order valence-corrected chi connectivity index (χ3v) is 4.23. The van der Waals surface area contributed by atoms with Gasteiger partial charge >= 0.3 is 0 Å². The Bertz CT molecular complexity index is 461. The number of quaternary nitrogens is 1. The van der Waals surface area contributed by atoms with Gasteiger partial charge in [-0.25, -0.2) is 0 Å². The second-order valence-electron chi connectivity index (χ2n) is 5.59. The highest BCUT2D eigenvalue weighted by molar-refractivity contribution is 6.31. The molecule has 3 nitrogen and oxygen atoms in total. The van der Waals surface area contributed by atoms with Crippen LogP contribution in [0.4, 0.5) is 5.69 Å². The summed E-state index contributed by atoms with van der Waals surface area (Å²) in [6.07, 6.45) is 2.51. The Balaban J connectivity index is 1.92. The molecule has 1 aliphatic heterocycles. The lowest BCUT2D eigenvalue weighted by atomic mass is 10.0. The Labute approximate surface area is 119 Å². The van der Waals surface area contributed by atoms with Crippen molar-refractivity contribution in [1.82, 2.24) is 0 Å². The van der Waals surface area contributed by atoms with Crippen molar-refractivity contribution >= 4 is 23.2 Å². The maximum Gasteiger partial charge on any atom is 0.279 e. The van der Waals surface area contributed by atoms with Gasteiger partial charge in [-0.15, -0.1) is 0 Å². The number of benzene rings is 1. The van der Waals surface area contributed by atoms with Gasteiger partial charge in [-0.3, -0.25) is 4.79 Å². The number of carbonyl (C=O) groups excluding carboxylic acids is 1. The van der Waals surface area contributed by atoms with Gasteiger partial charge in [0.25, 0.3) is 5.91 Å². The molecule has 2 N–H and O–H groups in total. The second kappa shape index (κ2) is 6.40. The summed E-state index contributed by atoms with van der Waals surface area (Å²) in [7, 11) is 0. The van der Waals surface area contributed by atoms with Crippen molar-refractivity contribution in [2.75, 3.05) is 25.0 Å². The molecule has 0 aromatic heterocycles. The first-order valence-corrected chi connectivity index (χ1v) is 7.32. The van der Waals surface area contributed by atoms with Crippen LogP contribution in [0.2, 0.25) is 5.02 Å². The van der Waals surface area contributed by atoms with Crippen molar-refractivity contribution in [3.8, 4) is 0 Å². The van der Waals surface area contributed by atoms with Crippen LogP contribution in [0.3, 0.4) is 0 Å². The average Bonchev–Trinajstić information content (AvgIpc) is 2.35. The number of piperidine rings is 1. The lowest BCUT2D eigenvalue weighted by Crippen LogP contribution is -3.14. The minimum atomic E-state index is 0.0782. The standard InChI is InChI=1S/C15H21ClN2O/c1-11-5-4-8-18(9-11)10-15(19)17-14-7-3-6-13(16)12(14)2/h3,6-7,11H,4-5,8-10H2,1-2H3,(H,17,19)/p+1/t11-/m0/s1. The van der Waals surface area contributed by atoms with Gasteiger partial charge in [0.2, 0.25) is 0 Å². The molecule has 1 amide bonds. The number of likely N-dealkylation sites (tertiary alicyclic amines) is 1. The van der Waals surface area contributed by atoms with E-state index < -0.39 is 0 Å². The van der Waals surface area contributed by atoms with E-state index in [0.717, 1.165) is 30.3 Å². The highest BCUT2D eigenvalue weighted by Gasteiger charge is 2.22. The minimum Gasteiger partial charge on any atom is -0.327 e. The van der Waals surface area contributed by atoms with Gasteiger partial charge < -0.3 is 10.2 Å². The minimum absolute atomic E-state index is 0.0782. The van der Waals surface area contributed by atoms with Crippen molar-refractivity contribution in [2.45, 2.75) is 26.7 Å². The summed E-state index contributed by atoms with van der Waals surface area (Å²) in [5, 5.41) is 3.66. The summed E-state index contributed by atoms with van der Waals surface area (Å²) in [5.41, 5.74) is 1.75. The molecule has 1 unspecified atom stereocenters. The Kier molecular flexibility index (Phi) is 4.83. The van der Waals surface area contributed by atoms with E-state index >= 15 is 0 Å². The van der Waals surface area contributed by atoms with Crippen molar-refractivity contribution in [3.05, 3.63) is 28.8 Å². The van der Waals surface area contributed by atoms with Crippen LogP contribution in [0, 0.1) is 12.8 Å². The van der Waals surface area contributed by atoms with E-state index in [1.54, 1.807) is 0 Å². The molecule has 2 rings (SSSR count). The van der Waals surface area contributed by atoms with Gasteiger partial charge in [-0.2, -0.15) is 0 Å². The molecule has 1 fully saturated rings. The first-order chi connectivity index (χ1) is 9.06. The zero-order valence-corrected chi connectivity index (χ0v) is 12.4. The number of hydrogen-bond donors (Lipinski definition) is 2. The Hall–Kier alpha value is -1.06. The van der Waals surface area contributed by atoms with E-state index in [9.17, 15) is 4.79 Å². The molecule has 0 aliphatic carbocycles. The summed E-state index contributed by atoms with van der Waals surface area (Å²) >= 11 is 6.05. The SMILES string of the molecule is Cc1c(Cl)cccc1NC(=O)C[NH+]1CCC[C@H](C)C1. The van der Waals surface area contributed by atoms with Crippen LogP contribution >= 0.6 is 11.6 Å². The summed E-state index contributed by atoms with van der Waals surface area (Å²) < 4.78 is 0. The molecule has 4 heteroatoms. The fraction of sp³-hybridized carbons (Fsp3) is 0.533. The van der Waals surface area contributed by atoms with Gasteiger partial charge in [-0.05, 0) is 37.5 Å². The predicted octanol–water partition coefficient (Wildman–Crippen LogP) is 1.90. The van der Waals surface area contributed by atoms with Crippen LogP contribution in [0.25, 0.3) is 0 Å². The number of halogens is 1. The third kappa shape index (κ3) is 3.95. The summed E-state index contributed by atoms with van der Waals surface area (Å²) in [6.45, 7) is 6.94. The molecule has 1 saturated heterocycles. The summed E-state index contributed by atoms with van der Waals surface area (Å²) in [5.74, 6) is 0.805. The molecule has 0 saturated carbocycles. The van der Waals surface area contributed by atoms with Gasteiger partial charge in [0.05, 0.1) is 13.1 Å². The largest absolute Gasteiger partial charge is 0.327 e. The fourth-order valence-corrected chi connectivity index (χ4v) is 2.90. The molecular weight excluding hydrogens is 260 g/mol. The van der Waals surface area contributed by atoms with Crippen molar-refractivity contribution in [2.24, 2.45) is 5.92 Å². The van der Waals surface area contributed by atoms with E-state index in [4.69, 9.17) is 11.6 Å². The molecule has 1 aromatic rings. The first kappa shape index (κ1) is 14.4. The molecule has 1 heterocycles. The van der Waals surface area contributed by atoms with Crippen LogP contribution in [-0.4, -0.2) is 25.5 Å². The number of nitrogens with one attached hydrogen (secondary N) is 2. The van der Waals surface area contributed by atoms with Crippen LogP contribution in [-0.2, 0) is 4.79 Å². The lowest BCUT2D eigenvalue weighted by Gasteiger charge is -2.27. The molecule has 0 bridgehead atoms. The van der Waals surface area contributed by atoms with E-state index in [1.165, 1.54) is 17.7 Å². The summed E-state index contributed by atoms with van der Waals surface area (Å²) in [4.78, 5) is 13.5. The lowest BCUT2D eigenvalue weighted by molar-refractivity contribution is -0.900. The van der Waals surface area contributed by atoms with Gasteiger partial charge in [0, 0.05) is 16.6 Å². The number of amides is 1. The molecule has 19 heavy (non-hydrogen) atoms. The van der Waals surface area contributed by atoms with E-state index in [2.05, 4.69) is 12.2 Å². The highest BCUT2D eigenvalue weighted by Crippen LogP contribution is 2.22. The van der Waals surface area contributed by atoms with Crippen LogP contribution in [0.1, 0.15) is 25.3 Å². The van der Waals surface area contributed by atoms with Gasteiger partial charge in [0.15, 0.2) is 6.54 Å². The Morgan fingerprint density at radius 1 is 1.53 bits per heavy atom. The smallest absolute Gasteiger partial charge is 0.279 e. The first-order valence-electron chi connectivity index (χ1n) is 6.95. The highest BCUT2D eigenvalue weighted by atomic mass is 35.5. The number of anilines is 1. The van der Waals surface area contributed by atoms with Crippen molar-refractivity contribution in [1.29, 1.82) is 0 Å². The number of carbonyl (C=O) groups is 1.